The van der Waals surface area contributed by atoms with Gasteiger partial charge in [-0.1, -0.05) is 6.07 Å². The van der Waals surface area contributed by atoms with Crippen LogP contribution in [0.15, 0.2) is 18.2 Å². The van der Waals surface area contributed by atoms with Crippen molar-refractivity contribution in [2.45, 2.75) is 32.2 Å². The Morgan fingerprint density at radius 3 is 2.96 bits per heavy atom. The molecule has 124 valence electrons. The van der Waals surface area contributed by atoms with Crippen molar-refractivity contribution >= 4 is 12.0 Å². The molecule has 5 nitrogen and oxygen atoms in total. The molecule has 1 aromatic rings. The van der Waals surface area contributed by atoms with Gasteiger partial charge in [0.25, 0.3) is 0 Å². The average molecular weight is 320 g/mol. The molecule has 3 rings (SSSR count). The Balaban J connectivity index is 1.66. The predicted octanol–water partition coefficient (Wildman–Crippen LogP) is 2.41. The van der Waals surface area contributed by atoms with Gasteiger partial charge in [0.2, 0.25) is 0 Å². The van der Waals surface area contributed by atoms with Gasteiger partial charge in [-0.2, -0.15) is 0 Å². The highest BCUT2D eigenvalue weighted by atomic mass is 19.1. The van der Waals surface area contributed by atoms with Crippen LogP contribution in [0.5, 0.6) is 0 Å². The molecular weight excluding hydrogens is 299 g/mol. The number of carbonyl (C=O) groups is 2. The molecule has 2 atom stereocenters. The van der Waals surface area contributed by atoms with Crippen LogP contribution in [0.2, 0.25) is 0 Å². The molecule has 6 heteroatoms. The topological polar surface area (TPSA) is 58.6 Å². The second kappa shape index (κ2) is 5.83. The lowest BCUT2D eigenvalue weighted by molar-refractivity contribution is -0.150. The number of ether oxygens (including phenoxy) is 1. The van der Waals surface area contributed by atoms with E-state index in [0.29, 0.717) is 19.5 Å². The highest BCUT2D eigenvalue weighted by Crippen LogP contribution is 2.34. The number of methoxy groups -OCH3 is 1. The summed E-state index contributed by atoms with van der Waals surface area (Å²) in [5.74, 6) is -0.578. The Labute approximate surface area is 134 Å². The first-order valence-corrected chi connectivity index (χ1v) is 7.85. The van der Waals surface area contributed by atoms with Gasteiger partial charge < -0.3 is 15.0 Å². The molecule has 0 aromatic heterocycles. The molecule has 1 N–H and O–H groups in total. The molecule has 1 aliphatic heterocycles. The lowest BCUT2D eigenvalue weighted by atomic mass is 9.90. The number of nitrogens with zero attached hydrogens (tertiary/aromatic N) is 1. The van der Waals surface area contributed by atoms with E-state index in [9.17, 15) is 14.0 Å². The number of carbonyl (C=O) groups excluding carboxylic acids is 2. The first-order valence-electron chi connectivity index (χ1n) is 7.85. The first-order chi connectivity index (χ1) is 10.9. The minimum Gasteiger partial charge on any atom is -0.469 e. The summed E-state index contributed by atoms with van der Waals surface area (Å²) in [7, 11) is 1.36. The number of amides is 2. The third-order valence-corrected chi connectivity index (χ3v) is 4.92. The van der Waals surface area contributed by atoms with Crippen LogP contribution >= 0.6 is 0 Å². The smallest absolute Gasteiger partial charge is 0.317 e. The van der Waals surface area contributed by atoms with Crippen molar-refractivity contribution in [2.75, 3.05) is 20.2 Å². The molecule has 1 aromatic carbocycles. The number of rotatable bonds is 2. The van der Waals surface area contributed by atoms with Crippen LogP contribution in [0, 0.1) is 11.2 Å². The molecule has 0 spiro atoms. The van der Waals surface area contributed by atoms with Crippen LogP contribution in [-0.2, 0) is 16.0 Å². The fourth-order valence-electron chi connectivity index (χ4n) is 3.51. The number of nitrogens with one attached hydrogen (secondary N) is 1. The molecule has 0 unspecified atom stereocenters. The van der Waals surface area contributed by atoms with E-state index in [1.807, 2.05) is 6.92 Å². The highest BCUT2D eigenvalue weighted by molar-refractivity contribution is 5.80. The fourth-order valence-corrected chi connectivity index (χ4v) is 3.51. The summed E-state index contributed by atoms with van der Waals surface area (Å²) < 4.78 is 18.2. The minimum atomic E-state index is -0.647. The van der Waals surface area contributed by atoms with Crippen LogP contribution < -0.4 is 5.32 Å². The maximum Gasteiger partial charge on any atom is 0.317 e. The van der Waals surface area contributed by atoms with Gasteiger partial charge in [0.15, 0.2) is 0 Å². The van der Waals surface area contributed by atoms with Gasteiger partial charge in [-0.25, -0.2) is 9.18 Å². The fraction of sp³-hybridized carbons (Fsp3) is 0.529. The molecule has 1 heterocycles. The third kappa shape index (κ3) is 2.90. The summed E-state index contributed by atoms with van der Waals surface area (Å²) in [6, 6.07) is 4.35. The molecule has 2 aliphatic rings. The molecular formula is C17H21FN2O3. The zero-order chi connectivity index (χ0) is 16.6. The molecule has 0 radical (unpaired) electrons. The highest BCUT2D eigenvalue weighted by Gasteiger charge is 2.43. The van der Waals surface area contributed by atoms with Gasteiger partial charge in [0, 0.05) is 13.1 Å². The van der Waals surface area contributed by atoms with E-state index in [1.165, 1.54) is 19.2 Å². The number of hydrogen-bond acceptors (Lipinski definition) is 3. The van der Waals surface area contributed by atoms with E-state index in [2.05, 4.69) is 5.32 Å². The minimum absolute atomic E-state index is 0.168. The number of aryl methyl sites for hydroxylation is 1. The second-order valence-corrected chi connectivity index (χ2v) is 6.61. The summed E-state index contributed by atoms with van der Waals surface area (Å²) in [6.45, 7) is 2.67. The zero-order valence-corrected chi connectivity index (χ0v) is 13.4. The van der Waals surface area contributed by atoms with Crippen molar-refractivity contribution in [2.24, 2.45) is 5.41 Å². The van der Waals surface area contributed by atoms with Gasteiger partial charge in [0.1, 0.15) is 5.82 Å². The zero-order valence-electron chi connectivity index (χ0n) is 13.4. The van der Waals surface area contributed by atoms with Crippen molar-refractivity contribution in [3.63, 3.8) is 0 Å². The number of likely N-dealkylation sites (tertiary alicyclic amines) is 1. The molecule has 1 fully saturated rings. The van der Waals surface area contributed by atoms with Crippen molar-refractivity contribution in [3.05, 3.63) is 35.1 Å². The summed E-state index contributed by atoms with van der Waals surface area (Å²) in [5.41, 5.74) is 1.29. The Morgan fingerprint density at radius 2 is 2.22 bits per heavy atom. The van der Waals surface area contributed by atoms with Crippen molar-refractivity contribution in [1.29, 1.82) is 0 Å². The molecule has 23 heavy (non-hydrogen) atoms. The van der Waals surface area contributed by atoms with E-state index in [1.54, 1.807) is 11.0 Å². The van der Waals surface area contributed by atoms with E-state index in [-0.39, 0.29) is 23.9 Å². The lowest BCUT2D eigenvalue weighted by Crippen LogP contribution is -2.42. The van der Waals surface area contributed by atoms with Crippen molar-refractivity contribution in [3.8, 4) is 0 Å². The summed E-state index contributed by atoms with van der Waals surface area (Å²) in [5, 5.41) is 2.97. The predicted molar refractivity (Wildman–Crippen MR) is 82.3 cm³/mol. The lowest BCUT2D eigenvalue weighted by Gasteiger charge is -2.24. The van der Waals surface area contributed by atoms with Crippen molar-refractivity contribution < 1.29 is 18.7 Å². The second-order valence-electron chi connectivity index (χ2n) is 6.61. The normalized spacial score (nSPS) is 26.0. The number of urea groups is 1. The summed E-state index contributed by atoms with van der Waals surface area (Å²) in [4.78, 5) is 25.9. The number of esters is 1. The Hall–Kier alpha value is -2.11. The molecule has 1 aliphatic carbocycles. The largest absolute Gasteiger partial charge is 0.469 e. The molecule has 0 saturated carbocycles. The molecule has 2 amide bonds. The SMILES string of the molecule is COC(=O)[C@@]1(C)CCN(C(=O)N[C@@H]2CCc3ccc(F)cc32)C1. The van der Waals surface area contributed by atoms with Gasteiger partial charge in [-0.05, 0) is 49.4 Å². The van der Waals surface area contributed by atoms with Crippen LogP contribution in [0.1, 0.15) is 36.9 Å². The monoisotopic (exact) mass is 320 g/mol. The van der Waals surface area contributed by atoms with E-state index < -0.39 is 5.41 Å². The maximum absolute atomic E-state index is 13.4. The summed E-state index contributed by atoms with van der Waals surface area (Å²) in [6.07, 6.45) is 2.19. The standard InChI is InChI=1S/C17H21FN2O3/c1-17(15(21)23-2)7-8-20(10-17)16(22)19-14-6-4-11-3-5-12(18)9-13(11)14/h3,5,9,14H,4,6-8,10H2,1-2H3,(H,19,22)/t14-,17+/m1/s1. The molecule has 1 saturated heterocycles. The average Bonchev–Trinajstić information content (AvgIpc) is 3.11. The van der Waals surface area contributed by atoms with Crippen LogP contribution in [0.25, 0.3) is 0 Å². The molecule has 0 bridgehead atoms. The van der Waals surface area contributed by atoms with Crippen LogP contribution in [0.3, 0.4) is 0 Å². The Morgan fingerprint density at radius 1 is 1.43 bits per heavy atom. The number of hydrogen-bond donors (Lipinski definition) is 1. The quantitative estimate of drug-likeness (QED) is 0.851. The number of halogens is 1. The number of fused-ring (bicyclic) bond motifs is 1. The Kier molecular flexibility index (Phi) is 4.00. The van der Waals surface area contributed by atoms with Gasteiger partial charge in [-0.15, -0.1) is 0 Å². The van der Waals surface area contributed by atoms with Crippen LogP contribution in [0.4, 0.5) is 9.18 Å². The van der Waals surface area contributed by atoms with Gasteiger partial charge >= 0.3 is 12.0 Å². The Bertz CT molecular complexity index is 649. The van der Waals surface area contributed by atoms with E-state index in [0.717, 1.165) is 24.0 Å². The number of benzene rings is 1. The third-order valence-electron chi connectivity index (χ3n) is 4.92. The van der Waals surface area contributed by atoms with E-state index in [4.69, 9.17) is 4.74 Å². The first kappa shape index (κ1) is 15.8. The van der Waals surface area contributed by atoms with Crippen molar-refractivity contribution in [1.82, 2.24) is 10.2 Å². The van der Waals surface area contributed by atoms with Gasteiger partial charge in [0.05, 0.1) is 18.6 Å². The van der Waals surface area contributed by atoms with Crippen LogP contribution in [-0.4, -0.2) is 37.1 Å². The maximum atomic E-state index is 13.4. The van der Waals surface area contributed by atoms with E-state index >= 15 is 0 Å². The summed E-state index contributed by atoms with van der Waals surface area (Å²) >= 11 is 0. The van der Waals surface area contributed by atoms with Gasteiger partial charge in [-0.3, -0.25) is 4.79 Å².